The van der Waals surface area contributed by atoms with Crippen LogP contribution in [0.4, 0.5) is 0 Å². The summed E-state index contributed by atoms with van der Waals surface area (Å²) in [6.45, 7) is 9.96. The van der Waals surface area contributed by atoms with Gasteiger partial charge in [-0.05, 0) is 62.4 Å². The van der Waals surface area contributed by atoms with Gasteiger partial charge in [-0.1, -0.05) is 24.3 Å². The molecule has 0 saturated heterocycles. The summed E-state index contributed by atoms with van der Waals surface area (Å²) < 4.78 is 11.7. The lowest BCUT2D eigenvalue weighted by Gasteiger charge is -2.28. The molecule has 1 aliphatic rings. The molecule has 0 unspecified atom stereocenters. The van der Waals surface area contributed by atoms with Crippen molar-refractivity contribution in [2.24, 2.45) is 0 Å². The smallest absolute Gasteiger partial charge is 0.247 e. The maximum Gasteiger partial charge on any atom is 0.247 e. The maximum atomic E-state index is 13.0. The summed E-state index contributed by atoms with van der Waals surface area (Å²) in [6, 6.07) is 10.4. The zero-order valence-electron chi connectivity index (χ0n) is 17.5. The normalized spacial score (nSPS) is 14.2. The molecular formula is C25H27NO3. The quantitative estimate of drug-likeness (QED) is 0.558. The average Bonchev–Trinajstić information content (AvgIpc) is 3.10. The molecule has 3 aromatic rings. The number of allylic oxidation sites excluding steroid dienone is 1. The minimum Gasteiger partial charge on any atom is -0.493 e. The molecule has 1 amide bonds. The number of carbonyl (C=O) groups excluding carboxylic acids is 1. The number of nitrogens with zero attached hydrogens (tertiary/aromatic N) is 1. The van der Waals surface area contributed by atoms with Crippen molar-refractivity contribution in [3.05, 3.63) is 70.5 Å². The van der Waals surface area contributed by atoms with E-state index in [1.807, 2.05) is 38.7 Å². The van der Waals surface area contributed by atoms with Gasteiger partial charge in [0.15, 0.2) is 0 Å². The average molecular weight is 389 g/mol. The Labute approximate surface area is 171 Å². The number of hydrogen-bond acceptors (Lipinski definition) is 3. The number of amides is 1. The van der Waals surface area contributed by atoms with E-state index in [1.54, 1.807) is 12.3 Å². The second-order valence-electron chi connectivity index (χ2n) is 7.71. The van der Waals surface area contributed by atoms with E-state index in [4.69, 9.17) is 9.15 Å². The first-order valence-electron chi connectivity index (χ1n) is 10.2. The van der Waals surface area contributed by atoms with Gasteiger partial charge < -0.3 is 14.1 Å². The van der Waals surface area contributed by atoms with Crippen LogP contribution in [0.15, 0.2) is 47.1 Å². The van der Waals surface area contributed by atoms with Gasteiger partial charge in [0.05, 0.1) is 12.9 Å². The van der Waals surface area contributed by atoms with E-state index < -0.39 is 0 Å². The van der Waals surface area contributed by atoms with Crippen LogP contribution in [0, 0.1) is 13.8 Å². The minimum absolute atomic E-state index is 0.0427. The third-order valence-corrected chi connectivity index (χ3v) is 5.73. The summed E-state index contributed by atoms with van der Waals surface area (Å²) >= 11 is 0. The second-order valence-corrected chi connectivity index (χ2v) is 7.71. The largest absolute Gasteiger partial charge is 0.493 e. The third kappa shape index (κ3) is 3.55. The first kappa shape index (κ1) is 19.3. The van der Waals surface area contributed by atoms with E-state index in [1.165, 1.54) is 11.1 Å². The molecule has 0 saturated carbocycles. The van der Waals surface area contributed by atoms with Crippen LogP contribution in [0.2, 0.25) is 0 Å². The molecule has 1 aliphatic heterocycles. The highest BCUT2D eigenvalue weighted by Gasteiger charge is 2.21. The molecule has 0 atom stereocenters. The van der Waals surface area contributed by atoms with Crippen molar-refractivity contribution < 1.29 is 13.9 Å². The Morgan fingerprint density at radius 3 is 2.76 bits per heavy atom. The Kier molecular flexibility index (Phi) is 5.18. The van der Waals surface area contributed by atoms with E-state index in [9.17, 15) is 4.79 Å². The number of aryl methyl sites for hydroxylation is 2. The zero-order chi connectivity index (χ0) is 20.5. The van der Waals surface area contributed by atoms with Crippen LogP contribution in [0.5, 0.6) is 5.75 Å². The fourth-order valence-electron chi connectivity index (χ4n) is 4.10. The maximum absolute atomic E-state index is 13.0. The van der Waals surface area contributed by atoms with Gasteiger partial charge in [-0.3, -0.25) is 4.79 Å². The van der Waals surface area contributed by atoms with Gasteiger partial charge in [0.2, 0.25) is 5.91 Å². The summed E-state index contributed by atoms with van der Waals surface area (Å²) in [5.41, 5.74) is 7.34. The molecule has 2 heterocycles. The first-order chi connectivity index (χ1) is 14.0. The lowest BCUT2D eigenvalue weighted by atomic mass is 9.97. The Morgan fingerprint density at radius 1 is 1.24 bits per heavy atom. The number of rotatable bonds is 4. The number of ether oxygens (including phenoxy) is 1. The van der Waals surface area contributed by atoms with Crippen molar-refractivity contribution in [1.29, 1.82) is 0 Å². The minimum atomic E-state index is 0.0427. The van der Waals surface area contributed by atoms with Crippen molar-refractivity contribution in [1.82, 2.24) is 4.90 Å². The van der Waals surface area contributed by atoms with Gasteiger partial charge >= 0.3 is 0 Å². The lowest BCUT2D eigenvalue weighted by Crippen LogP contribution is -2.34. The topological polar surface area (TPSA) is 42.7 Å². The molecule has 4 nitrogen and oxygen atoms in total. The second kappa shape index (κ2) is 7.78. The van der Waals surface area contributed by atoms with Crippen molar-refractivity contribution >= 4 is 22.4 Å². The van der Waals surface area contributed by atoms with Gasteiger partial charge in [0.25, 0.3) is 0 Å². The Morgan fingerprint density at radius 2 is 2.00 bits per heavy atom. The van der Waals surface area contributed by atoms with Crippen LogP contribution in [-0.4, -0.2) is 24.0 Å². The molecule has 0 fully saturated rings. The standard InChI is InChI=1S/C25H27NO3/c1-5-28-24-18(4)25-22(17(3)15-29-25)13-21(24)16(2)12-23(27)26-11-10-19-8-6-7-9-20(19)14-26/h6-9,12-13,15H,5,10-11,14H2,1-4H3/b16-12+. The number of carbonyl (C=O) groups is 1. The summed E-state index contributed by atoms with van der Waals surface area (Å²) in [5, 5.41) is 1.06. The van der Waals surface area contributed by atoms with Crippen LogP contribution in [0.1, 0.15) is 41.7 Å². The molecule has 0 aliphatic carbocycles. The Hall–Kier alpha value is -3.01. The van der Waals surface area contributed by atoms with Gasteiger partial charge in [0.1, 0.15) is 11.3 Å². The molecule has 2 aromatic carbocycles. The highest BCUT2D eigenvalue weighted by atomic mass is 16.5. The fraction of sp³-hybridized carbons (Fsp3) is 0.320. The van der Waals surface area contributed by atoms with E-state index in [2.05, 4.69) is 24.3 Å². The summed E-state index contributed by atoms with van der Waals surface area (Å²) in [4.78, 5) is 14.9. The molecule has 4 heteroatoms. The highest BCUT2D eigenvalue weighted by Crippen LogP contribution is 2.37. The molecular weight excluding hydrogens is 362 g/mol. The van der Waals surface area contributed by atoms with Crippen molar-refractivity contribution in [3.63, 3.8) is 0 Å². The van der Waals surface area contributed by atoms with Crippen molar-refractivity contribution in [2.75, 3.05) is 13.2 Å². The monoisotopic (exact) mass is 389 g/mol. The summed E-state index contributed by atoms with van der Waals surface area (Å²) in [5.74, 6) is 0.834. The number of benzene rings is 2. The van der Waals surface area contributed by atoms with Gasteiger partial charge in [0, 0.05) is 35.7 Å². The fourth-order valence-corrected chi connectivity index (χ4v) is 4.10. The molecule has 29 heavy (non-hydrogen) atoms. The van der Waals surface area contributed by atoms with Crippen LogP contribution >= 0.6 is 0 Å². The number of hydrogen-bond donors (Lipinski definition) is 0. The molecule has 0 radical (unpaired) electrons. The first-order valence-corrected chi connectivity index (χ1v) is 10.2. The molecule has 4 rings (SSSR count). The molecule has 1 aromatic heterocycles. The van der Waals surface area contributed by atoms with Crippen LogP contribution < -0.4 is 4.74 Å². The SMILES string of the molecule is CCOc1c(/C(C)=C/C(=O)N2CCc3ccccc3C2)cc2c(C)coc2c1C. The van der Waals surface area contributed by atoms with E-state index in [0.717, 1.165) is 51.9 Å². The lowest BCUT2D eigenvalue weighted by molar-refractivity contribution is -0.126. The molecule has 0 spiro atoms. The van der Waals surface area contributed by atoms with E-state index >= 15 is 0 Å². The predicted octanol–water partition coefficient (Wildman–Crippen LogP) is 5.44. The zero-order valence-corrected chi connectivity index (χ0v) is 17.5. The van der Waals surface area contributed by atoms with Crippen LogP contribution in [0.25, 0.3) is 16.5 Å². The predicted molar refractivity (Wildman–Crippen MR) is 116 cm³/mol. The van der Waals surface area contributed by atoms with E-state index in [-0.39, 0.29) is 5.91 Å². The Bertz CT molecular complexity index is 1110. The van der Waals surface area contributed by atoms with Gasteiger partial charge in [-0.25, -0.2) is 0 Å². The van der Waals surface area contributed by atoms with Gasteiger partial charge in [-0.15, -0.1) is 0 Å². The Balaban J connectivity index is 1.68. The van der Waals surface area contributed by atoms with Crippen LogP contribution in [-0.2, 0) is 17.8 Å². The van der Waals surface area contributed by atoms with Crippen molar-refractivity contribution in [2.45, 2.75) is 40.7 Å². The van der Waals surface area contributed by atoms with Crippen LogP contribution in [0.3, 0.4) is 0 Å². The number of fused-ring (bicyclic) bond motifs is 2. The molecule has 0 N–H and O–H groups in total. The summed E-state index contributed by atoms with van der Waals surface area (Å²) in [7, 11) is 0. The molecule has 0 bridgehead atoms. The number of furan rings is 1. The van der Waals surface area contributed by atoms with Gasteiger partial charge in [-0.2, -0.15) is 0 Å². The third-order valence-electron chi connectivity index (χ3n) is 5.73. The van der Waals surface area contributed by atoms with Crippen molar-refractivity contribution in [3.8, 4) is 5.75 Å². The highest BCUT2D eigenvalue weighted by molar-refractivity contribution is 5.98. The van der Waals surface area contributed by atoms with E-state index in [0.29, 0.717) is 13.2 Å². The summed E-state index contributed by atoms with van der Waals surface area (Å²) in [6.07, 6.45) is 4.41. The molecule has 150 valence electrons.